The van der Waals surface area contributed by atoms with Gasteiger partial charge in [0.25, 0.3) is 0 Å². The van der Waals surface area contributed by atoms with Crippen LogP contribution in [0.3, 0.4) is 0 Å². The average molecular weight is 683 g/mol. The highest BCUT2D eigenvalue weighted by atomic mass is 16.6. The van der Waals surface area contributed by atoms with Crippen LogP contribution in [0.2, 0.25) is 0 Å². The molecule has 1 aromatic carbocycles. The summed E-state index contributed by atoms with van der Waals surface area (Å²) in [6.45, 7) is 14.4. The maximum Gasteiger partial charge on any atom is 0.338 e. The first-order valence-electron chi connectivity index (χ1n) is 16.0. The molecule has 0 N–H and O–H groups in total. The van der Waals surface area contributed by atoms with Gasteiger partial charge in [0.15, 0.2) is 23.9 Å². The van der Waals surface area contributed by atoms with Gasteiger partial charge in [-0.3, -0.25) is 24.0 Å². The van der Waals surface area contributed by atoms with Crippen molar-refractivity contribution in [1.29, 1.82) is 0 Å². The van der Waals surface area contributed by atoms with Crippen LogP contribution in [0.15, 0.2) is 65.8 Å². The Morgan fingerprint density at radius 2 is 1.14 bits per heavy atom. The van der Waals surface area contributed by atoms with Crippen LogP contribution in [0, 0.1) is 17.3 Å². The van der Waals surface area contributed by atoms with Gasteiger partial charge in [0.1, 0.15) is 12.2 Å². The molecule has 2 aliphatic carbocycles. The molecule has 2 aliphatic rings. The lowest BCUT2D eigenvalue weighted by molar-refractivity contribution is -0.213. The number of hydrogen-bond acceptors (Lipinski definition) is 12. The summed E-state index contributed by atoms with van der Waals surface area (Å²) in [7, 11) is 0. The van der Waals surface area contributed by atoms with Crippen molar-refractivity contribution in [2.24, 2.45) is 17.3 Å². The van der Waals surface area contributed by atoms with Crippen molar-refractivity contribution < 1.29 is 57.2 Å². The van der Waals surface area contributed by atoms with Crippen molar-refractivity contribution in [3.8, 4) is 0 Å². The molecule has 49 heavy (non-hydrogen) atoms. The number of fused-ring (bicyclic) bond motifs is 1. The lowest BCUT2D eigenvalue weighted by Crippen LogP contribution is -2.59. The number of benzene rings is 1. The third-order valence-electron chi connectivity index (χ3n) is 8.30. The Hall–Kier alpha value is -4.74. The smallest absolute Gasteiger partial charge is 0.338 e. The fourth-order valence-electron chi connectivity index (χ4n) is 6.27. The molecule has 0 heterocycles. The highest BCUT2D eigenvalue weighted by Gasteiger charge is 2.54. The lowest BCUT2D eigenvalue weighted by Gasteiger charge is -2.44. The average Bonchev–Trinajstić information content (AvgIpc) is 3.27. The van der Waals surface area contributed by atoms with E-state index in [0.29, 0.717) is 11.1 Å². The van der Waals surface area contributed by atoms with Gasteiger partial charge in [-0.25, -0.2) is 4.79 Å². The third-order valence-corrected chi connectivity index (χ3v) is 8.30. The summed E-state index contributed by atoms with van der Waals surface area (Å²) in [6.07, 6.45) is 0.399. The Balaban J connectivity index is 2.46. The SMILES string of the molecule is CC(=O)O[C@H]1[C@H](OC(C)=O)C(C)(C)C=C[C@@H](C)[C@@H](OC(C)=O)C2=C[C@@H](C)[C@@H](OC(=O)c3ccccc3)C2=C[C@@](C)(OC(C)=O)[C@H]1OC(C)=O. The molecule has 0 unspecified atom stereocenters. The van der Waals surface area contributed by atoms with Crippen molar-refractivity contribution >= 4 is 35.8 Å². The Bertz CT molecular complexity index is 1540. The standard InChI is InChI=1S/C37H46O12/c1-20-16-17-36(8,9)33(46-24(5)40)32(45-23(4)39)34(47-25(6)41)37(10,49-26(7)42)19-29-28(30(20)44-22(3)38)18-21(2)31(29)48-35(43)27-14-12-11-13-15-27/h11-21,30-34H,1-10H3/t20-,21-,30-,31-,32+,33+,34+,37-/m1/s1. The van der Waals surface area contributed by atoms with Crippen molar-refractivity contribution in [2.75, 3.05) is 0 Å². The predicted molar refractivity (Wildman–Crippen MR) is 175 cm³/mol. The van der Waals surface area contributed by atoms with E-state index in [1.807, 2.05) is 13.0 Å². The van der Waals surface area contributed by atoms with E-state index in [1.165, 1.54) is 26.8 Å². The van der Waals surface area contributed by atoms with Gasteiger partial charge in [-0.15, -0.1) is 0 Å². The van der Waals surface area contributed by atoms with Gasteiger partial charge >= 0.3 is 35.8 Å². The molecule has 0 aliphatic heterocycles. The van der Waals surface area contributed by atoms with E-state index in [-0.39, 0.29) is 5.56 Å². The molecule has 0 saturated heterocycles. The first kappa shape index (κ1) is 38.7. The summed E-state index contributed by atoms with van der Waals surface area (Å²) in [4.78, 5) is 76.8. The van der Waals surface area contributed by atoms with E-state index in [4.69, 9.17) is 28.4 Å². The second-order valence-electron chi connectivity index (χ2n) is 13.3. The van der Waals surface area contributed by atoms with Crippen LogP contribution >= 0.6 is 0 Å². The molecule has 3 rings (SSSR count). The molecule has 12 heteroatoms. The molecule has 0 amide bonds. The summed E-state index contributed by atoms with van der Waals surface area (Å²) >= 11 is 0. The highest BCUT2D eigenvalue weighted by Crippen LogP contribution is 2.44. The van der Waals surface area contributed by atoms with E-state index < -0.39 is 89.2 Å². The van der Waals surface area contributed by atoms with Crippen LogP contribution in [0.25, 0.3) is 0 Å². The zero-order chi connectivity index (χ0) is 36.8. The summed E-state index contributed by atoms with van der Waals surface area (Å²) < 4.78 is 35.4. The van der Waals surface area contributed by atoms with E-state index in [2.05, 4.69) is 0 Å². The van der Waals surface area contributed by atoms with Crippen LogP contribution in [0.4, 0.5) is 0 Å². The molecule has 266 valence electrons. The molecule has 0 bridgehead atoms. The second kappa shape index (κ2) is 15.7. The molecule has 0 aromatic heterocycles. The Morgan fingerprint density at radius 1 is 0.612 bits per heavy atom. The minimum Gasteiger partial charge on any atom is -0.458 e. The second-order valence-corrected chi connectivity index (χ2v) is 13.3. The molecule has 0 saturated carbocycles. The molecule has 1 aromatic rings. The van der Waals surface area contributed by atoms with Crippen LogP contribution in [0.5, 0.6) is 0 Å². The topological polar surface area (TPSA) is 158 Å². The third kappa shape index (κ3) is 9.67. The fourth-order valence-corrected chi connectivity index (χ4v) is 6.27. The molecular formula is C37H46O12. The van der Waals surface area contributed by atoms with Gasteiger partial charge in [-0.2, -0.15) is 0 Å². The molecule has 0 spiro atoms. The van der Waals surface area contributed by atoms with Crippen LogP contribution < -0.4 is 0 Å². The first-order chi connectivity index (χ1) is 22.8. The van der Waals surface area contributed by atoms with Gasteiger partial charge < -0.3 is 28.4 Å². The zero-order valence-corrected chi connectivity index (χ0v) is 29.6. The maximum absolute atomic E-state index is 13.4. The number of ether oxygens (including phenoxy) is 6. The molecule has 0 fully saturated rings. The van der Waals surface area contributed by atoms with Crippen LogP contribution in [0.1, 0.15) is 79.6 Å². The van der Waals surface area contributed by atoms with Crippen LogP contribution in [-0.2, 0) is 52.4 Å². The Kier molecular flexibility index (Phi) is 12.4. The van der Waals surface area contributed by atoms with Gasteiger partial charge in [0.05, 0.1) is 5.56 Å². The lowest BCUT2D eigenvalue weighted by atomic mass is 9.76. The summed E-state index contributed by atoms with van der Waals surface area (Å²) in [5.74, 6) is -5.35. The minimum atomic E-state index is -1.96. The first-order valence-corrected chi connectivity index (χ1v) is 16.0. The predicted octanol–water partition coefficient (Wildman–Crippen LogP) is 5.00. The van der Waals surface area contributed by atoms with Gasteiger partial charge in [0, 0.05) is 51.9 Å². The van der Waals surface area contributed by atoms with E-state index >= 15 is 0 Å². The number of hydrogen-bond donors (Lipinski definition) is 0. The number of carbonyl (C=O) groups excluding carboxylic acids is 6. The summed E-state index contributed by atoms with van der Waals surface area (Å²) in [5, 5.41) is 0. The van der Waals surface area contributed by atoms with Crippen LogP contribution in [-0.4, -0.2) is 71.9 Å². The summed E-state index contributed by atoms with van der Waals surface area (Å²) in [5.41, 5.74) is -2.03. The minimum absolute atomic E-state index is 0.284. The van der Waals surface area contributed by atoms with Crippen molar-refractivity contribution in [3.05, 3.63) is 71.3 Å². The molecule has 8 atom stereocenters. The van der Waals surface area contributed by atoms with E-state index in [9.17, 15) is 28.8 Å². The number of esters is 6. The Morgan fingerprint density at radius 3 is 1.67 bits per heavy atom. The van der Waals surface area contributed by atoms with Crippen molar-refractivity contribution in [3.63, 3.8) is 0 Å². The zero-order valence-electron chi connectivity index (χ0n) is 29.6. The highest BCUT2D eigenvalue weighted by molar-refractivity contribution is 5.89. The molecule has 12 nitrogen and oxygen atoms in total. The summed E-state index contributed by atoms with van der Waals surface area (Å²) in [6, 6.07) is 8.33. The fraction of sp³-hybridized carbons (Fsp3) is 0.514. The monoisotopic (exact) mass is 682 g/mol. The normalized spacial score (nSPS) is 29.3. The van der Waals surface area contributed by atoms with Gasteiger partial charge in [0.2, 0.25) is 0 Å². The molecule has 0 radical (unpaired) electrons. The number of rotatable bonds is 7. The van der Waals surface area contributed by atoms with E-state index in [0.717, 1.165) is 20.8 Å². The number of carbonyl (C=O) groups is 6. The van der Waals surface area contributed by atoms with Gasteiger partial charge in [-0.1, -0.05) is 64.1 Å². The van der Waals surface area contributed by atoms with E-state index in [1.54, 1.807) is 63.3 Å². The maximum atomic E-state index is 13.4. The molecular weight excluding hydrogens is 636 g/mol. The Labute approximate surface area is 286 Å². The largest absolute Gasteiger partial charge is 0.458 e. The van der Waals surface area contributed by atoms with Gasteiger partial charge in [-0.05, 0) is 36.3 Å². The van der Waals surface area contributed by atoms with Crippen molar-refractivity contribution in [1.82, 2.24) is 0 Å². The quantitative estimate of drug-likeness (QED) is 0.216. The van der Waals surface area contributed by atoms with Crippen molar-refractivity contribution in [2.45, 2.75) is 105 Å².